The Kier molecular flexibility index (Phi) is 5.50. The largest absolute Gasteiger partial charge is 0.346 e. The highest BCUT2D eigenvalue weighted by Gasteiger charge is 2.20. The summed E-state index contributed by atoms with van der Waals surface area (Å²) in [5, 5.41) is 3.21. The zero-order chi connectivity index (χ0) is 16.8. The van der Waals surface area contributed by atoms with Gasteiger partial charge in [-0.3, -0.25) is 9.69 Å². The van der Waals surface area contributed by atoms with Gasteiger partial charge in [0.15, 0.2) is 5.13 Å². The van der Waals surface area contributed by atoms with E-state index in [0.717, 1.165) is 44.3 Å². The molecule has 7 nitrogen and oxygen atoms in total. The van der Waals surface area contributed by atoms with Gasteiger partial charge in [0.25, 0.3) is 5.91 Å². The van der Waals surface area contributed by atoms with Crippen LogP contribution < -0.4 is 10.3 Å². The van der Waals surface area contributed by atoms with Gasteiger partial charge < -0.3 is 4.90 Å². The monoisotopic (exact) mass is 345 g/mol. The Bertz CT molecular complexity index is 683. The second kappa shape index (κ2) is 7.98. The number of carbonyl (C=O) groups is 1. The van der Waals surface area contributed by atoms with Gasteiger partial charge in [-0.25, -0.2) is 10.4 Å². The average Bonchev–Trinajstić information content (AvgIpc) is 3.12. The predicted octanol–water partition coefficient (Wildman–Crippen LogP) is 1.92. The number of rotatable bonds is 6. The molecule has 2 heterocycles. The van der Waals surface area contributed by atoms with Crippen molar-refractivity contribution in [1.82, 2.24) is 15.3 Å². The van der Waals surface area contributed by atoms with E-state index in [2.05, 4.69) is 44.3 Å². The molecule has 126 valence electrons. The Balaban J connectivity index is 1.48. The molecule has 24 heavy (non-hydrogen) atoms. The summed E-state index contributed by atoms with van der Waals surface area (Å²) in [5.41, 5.74) is 3.25. The zero-order valence-corrected chi connectivity index (χ0v) is 14.0. The minimum atomic E-state index is -0.504. The molecule has 1 fully saturated rings. The molecule has 1 saturated heterocycles. The van der Waals surface area contributed by atoms with Gasteiger partial charge in [0.2, 0.25) is 0 Å². The van der Waals surface area contributed by atoms with E-state index in [1.54, 1.807) is 0 Å². The van der Waals surface area contributed by atoms with Gasteiger partial charge in [0.1, 0.15) is 4.88 Å². The third-order valence-corrected chi connectivity index (χ3v) is 5.12. The Hall–Kier alpha value is -2.32. The zero-order valence-electron chi connectivity index (χ0n) is 13.2. The number of amides is 1. The van der Waals surface area contributed by atoms with Crippen molar-refractivity contribution in [3.63, 3.8) is 0 Å². The Labute approximate surface area is 144 Å². The molecule has 0 atom stereocenters. The van der Waals surface area contributed by atoms with Crippen LogP contribution in [-0.4, -0.2) is 48.5 Å². The molecule has 0 unspecified atom stereocenters. The van der Waals surface area contributed by atoms with Crippen molar-refractivity contribution in [2.24, 2.45) is 5.29 Å². The molecule has 1 amide bonds. The van der Waals surface area contributed by atoms with Crippen molar-refractivity contribution in [2.45, 2.75) is 6.42 Å². The fourth-order valence-corrected chi connectivity index (χ4v) is 3.56. The van der Waals surface area contributed by atoms with Gasteiger partial charge in [-0.2, -0.15) is 0 Å². The molecule has 1 aromatic carbocycles. The van der Waals surface area contributed by atoms with Crippen LogP contribution in [0.25, 0.3) is 0 Å². The fraction of sp³-hybridized carbons (Fsp3) is 0.375. The molecular formula is C16H19N5O2S. The maximum Gasteiger partial charge on any atom is 0.285 e. The summed E-state index contributed by atoms with van der Waals surface area (Å²) >= 11 is 1.28. The van der Waals surface area contributed by atoms with E-state index < -0.39 is 5.91 Å². The number of hydrogen-bond acceptors (Lipinski definition) is 7. The molecular weight excluding hydrogens is 326 g/mol. The smallest absolute Gasteiger partial charge is 0.285 e. The summed E-state index contributed by atoms with van der Waals surface area (Å²) in [6.45, 7) is 4.77. The van der Waals surface area contributed by atoms with E-state index in [0.29, 0.717) is 4.88 Å². The molecule has 2 aromatic rings. The van der Waals surface area contributed by atoms with Crippen molar-refractivity contribution in [1.29, 1.82) is 0 Å². The molecule has 0 aliphatic carbocycles. The van der Waals surface area contributed by atoms with Crippen LogP contribution in [0.2, 0.25) is 0 Å². The number of nitrogens with zero attached hydrogens (tertiary/aromatic N) is 4. The van der Waals surface area contributed by atoms with Crippen molar-refractivity contribution in [3.8, 4) is 0 Å². The van der Waals surface area contributed by atoms with Crippen molar-refractivity contribution in [2.75, 3.05) is 37.6 Å². The standard InChI is InChI=1S/C16H19N5O2S/c22-15(18-19-23)14-12-17-16(24-14)21-10-8-20(9-11-21)7-6-13-4-2-1-3-5-13/h1-5,12H,6-11H2,(H,18,22,23). The molecule has 1 aliphatic rings. The van der Waals surface area contributed by atoms with Gasteiger partial charge in [0, 0.05) is 32.7 Å². The molecule has 0 spiro atoms. The average molecular weight is 345 g/mol. The normalized spacial score (nSPS) is 15.2. The van der Waals surface area contributed by atoms with Crippen LogP contribution in [0.1, 0.15) is 15.2 Å². The van der Waals surface area contributed by atoms with Crippen molar-refractivity contribution >= 4 is 22.4 Å². The third-order valence-electron chi connectivity index (χ3n) is 4.07. The number of thiazole rings is 1. The molecule has 1 aliphatic heterocycles. The molecule has 3 rings (SSSR count). The summed E-state index contributed by atoms with van der Waals surface area (Å²) in [6.07, 6.45) is 2.55. The van der Waals surface area contributed by atoms with Gasteiger partial charge >= 0.3 is 0 Å². The molecule has 0 bridgehead atoms. The topological polar surface area (TPSA) is 77.9 Å². The Morgan fingerprint density at radius 2 is 1.96 bits per heavy atom. The number of piperazine rings is 1. The van der Waals surface area contributed by atoms with Crippen LogP contribution in [-0.2, 0) is 6.42 Å². The van der Waals surface area contributed by atoms with E-state index in [4.69, 9.17) is 0 Å². The van der Waals surface area contributed by atoms with Crippen molar-refractivity contribution < 1.29 is 4.79 Å². The van der Waals surface area contributed by atoms with Crippen molar-refractivity contribution in [3.05, 3.63) is 51.9 Å². The second-order valence-corrected chi connectivity index (χ2v) is 6.61. The minimum Gasteiger partial charge on any atom is -0.346 e. The third kappa shape index (κ3) is 4.15. The van der Waals surface area contributed by atoms with Crippen LogP contribution in [0.4, 0.5) is 5.13 Å². The minimum absolute atomic E-state index is 0.399. The highest BCUT2D eigenvalue weighted by molar-refractivity contribution is 7.17. The SMILES string of the molecule is O=NNC(=O)c1cnc(N2CCN(CCc3ccccc3)CC2)s1. The number of anilines is 1. The van der Waals surface area contributed by atoms with Gasteiger partial charge in [-0.15, -0.1) is 4.91 Å². The van der Waals surface area contributed by atoms with Crippen LogP contribution in [0.15, 0.2) is 41.8 Å². The molecule has 0 radical (unpaired) electrons. The lowest BCUT2D eigenvalue weighted by molar-refractivity contribution is 0.0958. The fourth-order valence-electron chi connectivity index (χ4n) is 2.71. The molecule has 8 heteroatoms. The van der Waals surface area contributed by atoms with Crippen LogP contribution in [0, 0.1) is 4.91 Å². The summed E-state index contributed by atoms with van der Waals surface area (Å²) < 4.78 is 0. The first kappa shape index (κ1) is 16.5. The van der Waals surface area contributed by atoms with Gasteiger partial charge in [-0.1, -0.05) is 41.7 Å². The summed E-state index contributed by atoms with van der Waals surface area (Å²) in [5.74, 6) is -0.504. The number of nitrogens with one attached hydrogen (secondary N) is 1. The summed E-state index contributed by atoms with van der Waals surface area (Å²) in [6, 6.07) is 10.5. The Morgan fingerprint density at radius 3 is 2.67 bits per heavy atom. The molecule has 0 saturated carbocycles. The first-order valence-corrected chi connectivity index (χ1v) is 8.67. The number of hydrogen-bond donors (Lipinski definition) is 1. The molecule has 1 aromatic heterocycles. The van der Waals surface area contributed by atoms with Crippen LogP contribution in [0.5, 0.6) is 0 Å². The number of benzene rings is 1. The molecule has 1 N–H and O–H groups in total. The van der Waals surface area contributed by atoms with Gasteiger partial charge in [0.05, 0.1) is 11.5 Å². The van der Waals surface area contributed by atoms with Gasteiger partial charge in [-0.05, 0) is 12.0 Å². The summed E-state index contributed by atoms with van der Waals surface area (Å²) in [4.78, 5) is 30.9. The number of aromatic nitrogens is 1. The number of nitroso groups, excluding NO2 is 1. The van der Waals surface area contributed by atoms with E-state index >= 15 is 0 Å². The first-order chi connectivity index (χ1) is 11.8. The number of carbonyl (C=O) groups excluding carboxylic acids is 1. The van der Waals surface area contributed by atoms with E-state index in [-0.39, 0.29) is 0 Å². The predicted molar refractivity (Wildman–Crippen MR) is 94.2 cm³/mol. The summed E-state index contributed by atoms with van der Waals surface area (Å²) in [7, 11) is 0. The lowest BCUT2D eigenvalue weighted by Crippen LogP contribution is -2.46. The second-order valence-electron chi connectivity index (χ2n) is 5.60. The lowest BCUT2D eigenvalue weighted by Gasteiger charge is -2.34. The van der Waals surface area contributed by atoms with E-state index in [1.165, 1.54) is 23.1 Å². The first-order valence-electron chi connectivity index (χ1n) is 7.86. The maximum atomic E-state index is 11.6. The van der Waals surface area contributed by atoms with E-state index in [1.807, 2.05) is 11.5 Å². The van der Waals surface area contributed by atoms with E-state index in [9.17, 15) is 9.70 Å². The Morgan fingerprint density at radius 1 is 1.21 bits per heavy atom. The lowest BCUT2D eigenvalue weighted by atomic mass is 10.1. The highest BCUT2D eigenvalue weighted by atomic mass is 32.1. The van der Waals surface area contributed by atoms with Crippen LogP contribution >= 0.6 is 11.3 Å². The quantitative estimate of drug-likeness (QED) is 0.639. The maximum absolute atomic E-state index is 11.6. The highest BCUT2D eigenvalue weighted by Crippen LogP contribution is 2.23. The van der Waals surface area contributed by atoms with Crippen LogP contribution in [0.3, 0.4) is 0 Å².